The van der Waals surface area contributed by atoms with Crippen LogP contribution in [0.25, 0.3) is 0 Å². The van der Waals surface area contributed by atoms with E-state index in [-0.39, 0.29) is 29.9 Å². The maximum absolute atomic E-state index is 13.2. The highest BCUT2D eigenvalue weighted by Gasteiger charge is 2.39. The lowest BCUT2D eigenvalue weighted by Crippen LogP contribution is -2.45. The van der Waals surface area contributed by atoms with Gasteiger partial charge in [0, 0.05) is 13.1 Å². The van der Waals surface area contributed by atoms with Crippen LogP contribution in [0.4, 0.5) is 5.69 Å². The van der Waals surface area contributed by atoms with E-state index in [1.54, 1.807) is 0 Å². The number of fused-ring (bicyclic) bond motifs is 1. The van der Waals surface area contributed by atoms with Crippen molar-refractivity contribution in [2.24, 2.45) is 0 Å². The van der Waals surface area contributed by atoms with Crippen LogP contribution in [0.15, 0.2) is 47.4 Å². The molecule has 30 heavy (non-hydrogen) atoms. The van der Waals surface area contributed by atoms with Crippen LogP contribution >= 0.6 is 0 Å². The molecular weight excluding hydrogens is 406 g/mol. The topological polar surface area (TPSA) is 105 Å². The van der Waals surface area contributed by atoms with Gasteiger partial charge in [-0.3, -0.25) is 9.59 Å². The van der Waals surface area contributed by atoms with E-state index < -0.39 is 16.1 Å². The Morgan fingerprint density at radius 1 is 1.23 bits per heavy atom. The number of carbonyl (C=O) groups excluding carboxylic acids is 2. The zero-order chi connectivity index (χ0) is 21.3. The largest absolute Gasteiger partial charge is 0.482 e. The molecule has 0 bridgehead atoms. The number of aryl methyl sites for hydroxylation is 1. The third-order valence-corrected chi connectivity index (χ3v) is 7.19. The number of carbonyl (C=O) groups is 2. The van der Waals surface area contributed by atoms with Gasteiger partial charge in [0.05, 0.1) is 10.6 Å². The number of ether oxygens (including phenoxy) is 1. The average molecular weight is 429 g/mol. The van der Waals surface area contributed by atoms with Crippen LogP contribution in [0.3, 0.4) is 0 Å². The fourth-order valence-electron chi connectivity index (χ4n) is 3.66. The third-order valence-electron chi connectivity index (χ3n) is 5.28. The molecule has 2 aliphatic rings. The molecule has 1 saturated heterocycles. The molecule has 0 aromatic heterocycles. The number of sulfonamides is 1. The standard InChI is InChI=1S/C21H23N3O5S/c1-14-4-6-15(7-5-14)12-22-21(26)18-3-2-10-24(18)30(27,28)16-8-9-19-17(11-16)23-20(25)13-29-19/h4-9,11,18H,2-3,10,12-13H2,1H3,(H,22,26)(H,23,25). The summed E-state index contributed by atoms with van der Waals surface area (Å²) in [5, 5.41) is 5.46. The second kappa shape index (κ2) is 8.08. The van der Waals surface area contributed by atoms with E-state index in [2.05, 4.69) is 10.6 Å². The molecule has 0 radical (unpaired) electrons. The Balaban J connectivity index is 1.50. The lowest BCUT2D eigenvalue weighted by atomic mass is 10.1. The predicted molar refractivity (Wildman–Crippen MR) is 111 cm³/mol. The van der Waals surface area contributed by atoms with Crippen LogP contribution in [-0.4, -0.2) is 43.7 Å². The molecule has 0 spiro atoms. The fourth-order valence-corrected chi connectivity index (χ4v) is 5.34. The second-order valence-corrected chi connectivity index (χ2v) is 9.36. The molecule has 2 aliphatic heterocycles. The first kappa shape index (κ1) is 20.4. The van der Waals surface area contributed by atoms with E-state index in [9.17, 15) is 18.0 Å². The number of hydrogen-bond donors (Lipinski definition) is 2. The van der Waals surface area contributed by atoms with Crippen LogP contribution in [-0.2, 0) is 26.2 Å². The maximum atomic E-state index is 13.2. The molecule has 2 aromatic carbocycles. The predicted octanol–water partition coefficient (Wildman–Crippen LogP) is 1.80. The summed E-state index contributed by atoms with van der Waals surface area (Å²) in [7, 11) is -3.91. The molecule has 8 nitrogen and oxygen atoms in total. The average Bonchev–Trinajstić information content (AvgIpc) is 3.23. The first-order valence-electron chi connectivity index (χ1n) is 9.76. The van der Waals surface area contributed by atoms with E-state index in [1.165, 1.54) is 22.5 Å². The van der Waals surface area contributed by atoms with E-state index in [4.69, 9.17) is 4.74 Å². The van der Waals surface area contributed by atoms with Gasteiger partial charge >= 0.3 is 0 Å². The van der Waals surface area contributed by atoms with E-state index in [0.717, 1.165) is 11.1 Å². The minimum Gasteiger partial charge on any atom is -0.482 e. The second-order valence-electron chi connectivity index (χ2n) is 7.47. The Bertz CT molecular complexity index is 1080. The highest BCUT2D eigenvalue weighted by Crippen LogP contribution is 2.33. The van der Waals surface area contributed by atoms with Crippen molar-refractivity contribution < 1.29 is 22.7 Å². The summed E-state index contributed by atoms with van der Waals surface area (Å²) < 4.78 is 33.0. The number of benzene rings is 2. The molecule has 0 aliphatic carbocycles. The lowest BCUT2D eigenvalue weighted by Gasteiger charge is -2.24. The van der Waals surface area contributed by atoms with Gasteiger partial charge in [-0.1, -0.05) is 29.8 Å². The van der Waals surface area contributed by atoms with Crippen molar-refractivity contribution in [2.75, 3.05) is 18.5 Å². The summed E-state index contributed by atoms with van der Waals surface area (Å²) in [6, 6.07) is 11.4. The van der Waals surface area contributed by atoms with Crippen LogP contribution in [0.1, 0.15) is 24.0 Å². The number of nitrogens with one attached hydrogen (secondary N) is 2. The first-order valence-corrected chi connectivity index (χ1v) is 11.2. The van der Waals surface area contributed by atoms with Gasteiger partial charge < -0.3 is 15.4 Å². The Hall–Kier alpha value is -2.91. The van der Waals surface area contributed by atoms with Gasteiger partial charge in [0.1, 0.15) is 11.8 Å². The number of nitrogens with zero attached hydrogens (tertiary/aromatic N) is 1. The minimum atomic E-state index is -3.91. The highest BCUT2D eigenvalue weighted by molar-refractivity contribution is 7.89. The molecule has 2 N–H and O–H groups in total. The van der Waals surface area contributed by atoms with Crippen LogP contribution < -0.4 is 15.4 Å². The van der Waals surface area contributed by atoms with Crippen molar-refractivity contribution in [1.82, 2.24) is 9.62 Å². The fraction of sp³-hybridized carbons (Fsp3) is 0.333. The lowest BCUT2D eigenvalue weighted by molar-refractivity contribution is -0.124. The van der Waals surface area contributed by atoms with Crippen molar-refractivity contribution >= 4 is 27.5 Å². The van der Waals surface area contributed by atoms with Crippen molar-refractivity contribution in [3.63, 3.8) is 0 Å². The monoisotopic (exact) mass is 429 g/mol. The van der Waals surface area contributed by atoms with Gasteiger partial charge in [0.25, 0.3) is 5.91 Å². The van der Waals surface area contributed by atoms with Gasteiger partial charge in [-0.25, -0.2) is 8.42 Å². The van der Waals surface area contributed by atoms with E-state index >= 15 is 0 Å². The number of amides is 2. The molecule has 2 heterocycles. The Morgan fingerprint density at radius 2 is 2.00 bits per heavy atom. The van der Waals surface area contributed by atoms with Crippen molar-refractivity contribution in [1.29, 1.82) is 0 Å². The molecule has 2 aromatic rings. The Morgan fingerprint density at radius 3 is 2.77 bits per heavy atom. The zero-order valence-electron chi connectivity index (χ0n) is 16.6. The number of hydrogen-bond acceptors (Lipinski definition) is 5. The molecule has 158 valence electrons. The Labute approximate surface area is 175 Å². The van der Waals surface area contributed by atoms with Crippen molar-refractivity contribution in [2.45, 2.75) is 37.2 Å². The minimum absolute atomic E-state index is 0.0188. The normalized spacial score (nSPS) is 19.0. The summed E-state index contributed by atoms with van der Waals surface area (Å²) >= 11 is 0. The summed E-state index contributed by atoms with van der Waals surface area (Å²) in [6.07, 6.45) is 1.07. The third kappa shape index (κ3) is 4.03. The molecule has 1 unspecified atom stereocenters. The molecular formula is C21H23N3O5S. The highest BCUT2D eigenvalue weighted by atomic mass is 32.2. The summed E-state index contributed by atoms with van der Waals surface area (Å²) in [6.45, 7) is 2.49. The molecule has 9 heteroatoms. The van der Waals surface area contributed by atoms with E-state index in [0.29, 0.717) is 30.8 Å². The SMILES string of the molecule is Cc1ccc(CNC(=O)C2CCCN2S(=O)(=O)c2ccc3c(c2)NC(=O)CO3)cc1. The van der Waals surface area contributed by atoms with Gasteiger partial charge in [-0.05, 0) is 43.5 Å². The van der Waals surface area contributed by atoms with Gasteiger partial charge in [0.15, 0.2) is 6.61 Å². The van der Waals surface area contributed by atoms with E-state index in [1.807, 2.05) is 31.2 Å². The summed E-state index contributed by atoms with van der Waals surface area (Å²) in [5.74, 6) is -0.236. The molecule has 4 rings (SSSR count). The molecule has 1 atom stereocenters. The van der Waals surface area contributed by atoms with Gasteiger partial charge in [0.2, 0.25) is 15.9 Å². The zero-order valence-corrected chi connectivity index (χ0v) is 17.4. The molecule has 2 amide bonds. The van der Waals surface area contributed by atoms with Crippen LogP contribution in [0, 0.1) is 6.92 Å². The molecule has 0 saturated carbocycles. The van der Waals surface area contributed by atoms with Gasteiger partial charge in [-0.15, -0.1) is 0 Å². The Kier molecular flexibility index (Phi) is 5.48. The quantitative estimate of drug-likeness (QED) is 0.754. The van der Waals surface area contributed by atoms with Crippen molar-refractivity contribution in [3.8, 4) is 5.75 Å². The van der Waals surface area contributed by atoms with Crippen molar-refractivity contribution in [3.05, 3.63) is 53.6 Å². The summed E-state index contributed by atoms with van der Waals surface area (Å²) in [5.41, 5.74) is 2.39. The van der Waals surface area contributed by atoms with Crippen LogP contribution in [0.2, 0.25) is 0 Å². The van der Waals surface area contributed by atoms with Crippen LogP contribution in [0.5, 0.6) is 5.75 Å². The van der Waals surface area contributed by atoms with Gasteiger partial charge in [-0.2, -0.15) is 4.31 Å². The molecule has 1 fully saturated rings. The number of rotatable bonds is 5. The smallest absolute Gasteiger partial charge is 0.262 e. The number of anilines is 1. The first-order chi connectivity index (χ1) is 14.3. The summed E-state index contributed by atoms with van der Waals surface area (Å²) in [4.78, 5) is 24.3. The maximum Gasteiger partial charge on any atom is 0.262 e.